The number of amides is 2. The Morgan fingerprint density at radius 3 is 2.56 bits per heavy atom. The molecule has 1 heterocycles. The highest BCUT2D eigenvalue weighted by Crippen LogP contribution is 2.29. The molecule has 0 radical (unpaired) electrons. The van der Waals surface area contributed by atoms with E-state index in [9.17, 15) is 9.59 Å². The van der Waals surface area contributed by atoms with Crippen molar-refractivity contribution in [1.29, 1.82) is 0 Å². The molecule has 0 aromatic heterocycles. The van der Waals surface area contributed by atoms with Gasteiger partial charge in [-0.3, -0.25) is 9.59 Å². The Balaban J connectivity index is 0.00000364. The van der Waals surface area contributed by atoms with Crippen molar-refractivity contribution in [3.8, 4) is 0 Å². The van der Waals surface area contributed by atoms with Gasteiger partial charge < -0.3 is 20.7 Å². The van der Waals surface area contributed by atoms with Crippen LogP contribution >= 0.6 is 24.0 Å². The molecule has 0 saturated carbocycles. The molecule has 2 amide bonds. The lowest BCUT2D eigenvalue weighted by Gasteiger charge is -2.37. The topological polar surface area (TPSA) is 79.5 Å². The molecule has 1 saturated heterocycles. The average molecular weight is 418 g/mol. The highest BCUT2D eigenvalue weighted by Gasteiger charge is 2.32. The van der Waals surface area contributed by atoms with Crippen LogP contribution in [-0.4, -0.2) is 45.2 Å². The van der Waals surface area contributed by atoms with E-state index in [4.69, 9.17) is 16.3 Å². The first kappa shape index (κ1) is 23.7. The molecule has 1 aliphatic rings. The van der Waals surface area contributed by atoms with E-state index in [0.717, 1.165) is 25.9 Å². The van der Waals surface area contributed by atoms with Gasteiger partial charge in [-0.1, -0.05) is 25.4 Å². The van der Waals surface area contributed by atoms with Crippen LogP contribution in [0.5, 0.6) is 0 Å². The number of hydrogen-bond acceptors (Lipinski definition) is 4. The van der Waals surface area contributed by atoms with E-state index in [2.05, 4.69) is 16.0 Å². The van der Waals surface area contributed by atoms with Crippen molar-refractivity contribution in [2.45, 2.75) is 26.7 Å². The zero-order chi connectivity index (χ0) is 19.2. The fourth-order valence-electron chi connectivity index (χ4n) is 3.06. The molecular weight excluding hydrogens is 389 g/mol. The van der Waals surface area contributed by atoms with Crippen LogP contribution in [0.2, 0.25) is 5.02 Å². The number of benzene rings is 1. The summed E-state index contributed by atoms with van der Waals surface area (Å²) in [5, 5.41) is 9.47. The van der Waals surface area contributed by atoms with Gasteiger partial charge in [0.05, 0.1) is 17.2 Å². The quantitative estimate of drug-likeness (QED) is 0.636. The SMILES string of the molecule is COCC1(CNC(=O)c2cc(NC(=O)C(C)C)ccc2Cl)CCNCC1.Cl. The minimum atomic E-state index is -0.246. The molecule has 152 valence electrons. The second kappa shape index (κ2) is 10.9. The maximum atomic E-state index is 12.7. The molecule has 1 aromatic carbocycles. The number of methoxy groups -OCH3 is 1. The Morgan fingerprint density at radius 1 is 1.30 bits per heavy atom. The summed E-state index contributed by atoms with van der Waals surface area (Å²) in [5.74, 6) is -0.492. The van der Waals surface area contributed by atoms with Crippen LogP contribution in [0.15, 0.2) is 18.2 Å². The Kier molecular flexibility index (Phi) is 9.53. The van der Waals surface area contributed by atoms with Crippen molar-refractivity contribution in [1.82, 2.24) is 10.6 Å². The molecule has 1 fully saturated rings. The summed E-state index contributed by atoms with van der Waals surface area (Å²) in [6, 6.07) is 4.93. The molecule has 8 heteroatoms. The lowest BCUT2D eigenvalue weighted by Crippen LogP contribution is -2.47. The molecule has 0 atom stereocenters. The van der Waals surface area contributed by atoms with Crippen LogP contribution in [0.4, 0.5) is 5.69 Å². The molecule has 0 spiro atoms. The third kappa shape index (κ3) is 6.64. The fraction of sp³-hybridized carbons (Fsp3) is 0.579. The van der Waals surface area contributed by atoms with Gasteiger partial charge in [-0.15, -0.1) is 12.4 Å². The first-order chi connectivity index (χ1) is 12.4. The summed E-state index contributed by atoms with van der Waals surface area (Å²) in [4.78, 5) is 24.5. The van der Waals surface area contributed by atoms with Crippen LogP contribution in [0, 0.1) is 11.3 Å². The molecule has 3 N–H and O–H groups in total. The lowest BCUT2D eigenvalue weighted by molar-refractivity contribution is -0.118. The number of halogens is 2. The first-order valence-electron chi connectivity index (χ1n) is 8.95. The van der Waals surface area contributed by atoms with Gasteiger partial charge in [0.25, 0.3) is 5.91 Å². The Labute approximate surface area is 172 Å². The van der Waals surface area contributed by atoms with E-state index in [1.165, 1.54) is 0 Å². The van der Waals surface area contributed by atoms with Crippen molar-refractivity contribution in [3.63, 3.8) is 0 Å². The lowest BCUT2D eigenvalue weighted by atomic mass is 9.79. The Bertz CT molecular complexity index is 642. The molecule has 0 unspecified atom stereocenters. The summed E-state index contributed by atoms with van der Waals surface area (Å²) in [5.41, 5.74) is 0.854. The first-order valence-corrected chi connectivity index (χ1v) is 9.33. The van der Waals surface area contributed by atoms with Gasteiger partial charge in [-0.05, 0) is 44.1 Å². The number of anilines is 1. The standard InChI is InChI=1S/C19H28ClN3O3.ClH/c1-13(2)17(24)23-14-4-5-16(20)15(10-14)18(25)22-11-19(12-26-3)6-8-21-9-7-19;/h4-5,10,13,21H,6-9,11-12H2,1-3H3,(H,22,25)(H,23,24);1H. The molecule has 27 heavy (non-hydrogen) atoms. The van der Waals surface area contributed by atoms with Crippen molar-refractivity contribution in [3.05, 3.63) is 28.8 Å². The zero-order valence-electron chi connectivity index (χ0n) is 16.1. The van der Waals surface area contributed by atoms with Gasteiger partial charge >= 0.3 is 0 Å². The monoisotopic (exact) mass is 417 g/mol. The highest BCUT2D eigenvalue weighted by molar-refractivity contribution is 6.34. The van der Waals surface area contributed by atoms with Gasteiger partial charge in [0, 0.05) is 30.7 Å². The number of hydrogen-bond donors (Lipinski definition) is 3. The van der Waals surface area contributed by atoms with Crippen LogP contribution in [-0.2, 0) is 9.53 Å². The predicted octanol–water partition coefficient (Wildman–Crippen LogP) is 3.10. The van der Waals surface area contributed by atoms with Crippen molar-refractivity contribution in [2.24, 2.45) is 11.3 Å². The Morgan fingerprint density at radius 2 is 1.96 bits per heavy atom. The van der Waals surface area contributed by atoms with Crippen molar-refractivity contribution >= 4 is 41.5 Å². The van der Waals surface area contributed by atoms with Gasteiger partial charge in [-0.2, -0.15) is 0 Å². The van der Waals surface area contributed by atoms with Gasteiger partial charge in [-0.25, -0.2) is 0 Å². The number of ether oxygens (including phenoxy) is 1. The second-order valence-corrected chi connectivity index (χ2v) is 7.61. The fourth-order valence-corrected chi connectivity index (χ4v) is 3.27. The summed E-state index contributed by atoms with van der Waals surface area (Å²) < 4.78 is 5.38. The van der Waals surface area contributed by atoms with Gasteiger partial charge in [0.1, 0.15) is 0 Å². The van der Waals surface area contributed by atoms with Crippen LogP contribution in [0.1, 0.15) is 37.0 Å². The van der Waals surface area contributed by atoms with E-state index in [0.29, 0.717) is 29.4 Å². The molecule has 0 bridgehead atoms. The third-order valence-electron chi connectivity index (χ3n) is 4.74. The number of nitrogens with one attached hydrogen (secondary N) is 3. The van der Waals surface area contributed by atoms with Crippen molar-refractivity contribution in [2.75, 3.05) is 38.7 Å². The number of carbonyl (C=O) groups excluding carboxylic acids is 2. The average Bonchev–Trinajstić information content (AvgIpc) is 2.62. The van der Waals surface area contributed by atoms with E-state index in [-0.39, 0.29) is 35.6 Å². The summed E-state index contributed by atoms with van der Waals surface area (Å²) in [6.07, 6.45) is 1.89. The Hall–Kier alpha value is -1.34. The van der Waals surface area contributed by atoms with Gasteiger partial charge in [0.2, 0.25) is 5.91 Å². The number of piperidine rings is 1. The predicted molar refractivity (Wildman–Crippen MR) is 111 cm³/mol. The number of rotatable bonds is 7. The minimum absolute atomic E-state index is 0. The van der Waals surface area contributed by atoms with Crippen LogP contribution in [0.25, 0.3) is 0 Å². The smallest absolute Gasteiger partial charge is 0.252 e. The molecule has 0 aliphatic carbocycles. The van der Waals surface area contributed by atoms with Crippen molar-refractivity contribution < 1.29 is 14.3 Å². The van der Waals surface area contributed by atoms with E-state index >= 15 is 0 Å². The third-order valence-corrected chi connectivity index (χ3v) is 5.07. The number of carbonyl (C=O) groups is 2. The van der Waals surface area contributed by atoms with E-state index < -0.39 is 0 Å². The molecule has 6 nitrogen and oxygen atoms in total. The van der Waals surface area contributed by atoms with Crippen LogP contribution < -0.4 is 16.0 Å². The minimum Gasteiger partial charge on any atom is -0.384 e. The maximum absolute atomic E-state index is 12.7. The highest BCUT2D eigenvalue weighted by atomic mass is 35.5. The molecule has 1 aromatic rings. The van der Waals surface area contributed by atoms with E-state index in [1.807, 2.05) is 13.8 Å². The zero-order valence-corrected chi connectivity index (χ0v) is 17.6. The molecular formula is C19H29Cl2N3O3. The van der Waals surface area contributed by atoms with Gasteiger partial charge in [0.15, 0.2) is 0 Å². The molecule has 2 rings (SSSR count). The molecule has 1 aliphatic heterocycles. The maximum Gasteiger partial charge on any atom is 0.252 e. The summed E-state index contributed by atoms with van der Waals surface area (Å²) in [6.45, 7) is 6.58. The largest absolute Gasteiger partial charge is 0.384 e. The second-order valence-electron chi connectivity index (χ2n) is 7.20. The normalized spacial score (nSPS) is 15.7. The summed E-state index contributed by atoms with van der Waals surface area (Å²) >= 11 is 6.20. The van der Waals surface area contributed by atoms with E-state index in [1.54, 1.807) is 25.3 Å². The summed E-state index contributed by atoms with van der Waals surface area (Å²) in [7, 11) is 1.68. The van der Waals surface area contributed by atoms with Crippen LogP contribution in [0.3, 0.4) is 0 Å².